The molecule has 1 aliphatic rings. The molecule has 2 aromatic rings. The summed E-state index contributed by atoms with van der Waals surface area (Å²) in [5.74, 6) is -0.193. The Morgan fingerprint density at radius 3 is 2.19 bits per heavy atom. The van der Waals surface area contributed by atoms with Crippen LogP contribution in [0.3, 0.4) is 0 Å². The van der Waals surface area contributed by atoms with Gasteiger partial charge in [-0.3, -0.25) is 4.79 Å². The normalized spacial score (nSPS) is 19.2. The predicted octanol–water partition coefficient (Wildman–Crippen LogP) is 4.19. The van der Waals surface area contributed by atoms with Crippen LogP contribution in [-0.4, -0.2) is 24.9 Å². The third kappa shape index (κ3) is 5.10. The molecule has 1 N–H and O–H groups in total. The molecule has 3 rings (SSSR count). The highest BCUT2D eigenvalue weighted by Gasteiger charge is 2.44. The molecule has 0 saturated heterocycles. The Bertz CT molecular complexity index is 783. The maximum absolute atomic E-state index is 12.6. The Hall–Kier alpha value is -2.34. The summed E-state index contributed by atoms with van der Waals surface area (Å²) in [5.41, 5.74) is 2.36. The van der Waals surface area contributed by atoms with Gasteiger partial charge in [-0.1, -0.05) is 36.4 Å². The van der Waals surface area contributed by atoms with Crippen LogP contribution in [-0.2, 0) is 24.1 Å². The van der Waals surface area contributed by atoms with Gasteiger partial charge in [0.2, 0.25) is 5.91 Å². The van der Waals surface area contributed by atoms with Crippen molar-refractivity contribution in [2.75, 3.05) is 14.1 Å². The second-order valence-corrected chi connectivity index (χ2v) is 7.34. The summed E-state index contributed by atoms with van der Waals surface area (Å²) in [5, 5.41) is 2.93. The van der Waals surface area contributed by atoms with Crippen molar-refractivity contribution in [2.45, 2.75) is 31.6 Å². The molecule has 2 unspecified atom stereocenters. The van der Waals surface area contributed by atoms with Crippen LogP contribution in [0.1, 0.15) is 34.6 Å². The van der Waals surface area contributed by atoms with Gasteiger partial charge in [0.1, 0.15) is 0 Å². The summed E-state index contributed by atoms with van der Waals surface area (Å²) in [4.78, 5) is 14.4. The molecule has 1 amide bonds. The zero-order valence-electron chi connectivity index (χ0n) is 15.4. The van der Waals surface area contributed by atoms with Gasteiger partial charge in [0, 0.05) is 19.0 Å². The van der Waals surface area contributed by atoms with Crippen LogP contribution < -0.4 is 5.32 Å². The lowest BCUT2D eigenvalue weighted by molar-refractivity contribution is -0.137. The molecule has 144 valence electrons. The second-order valence-electron chi connectivity index (χ2n) is 7.34. The highest BCUT2D eigenvalue weighted by atomic mass is 19.4. The SMILES string of the molecule is CN(C)Cc1ccc(CNC(=O)C2CC2c2ccc(C(F)(F)F)cc2)cc1. The maximum Gasteiger partial charge on any atom is 0.416 e. The lowest BCUT2D eigenvalue weighted by Gasteiger charge is -2.10. The fourth-order valence-corrected chi connectivity index (χ4v) is 3.22. The average Bonchev–Trinajstić information content (AvgIpc) is 3.41. The highest BCUT2D eigenvalue weighted by Crippen LogP contribution is 2.48. The second kappa shape index (κ2) is 7.72. The van der Waals surface area contributed by atoms with Crippen LogP contribution >= 0.6 is 0 Å². The van der Waals surface area contributed by atoms with E-state index >= 15 is 0 Å². The third-order valence-corrected chi connectivity index (χ3v) is 4.78. The van der Waals surface area contributed by atoms with Crippen LogP contribution in [0.5, 0.6) is 0 Å². The first kappa shape index (κ1) is 19.4. The molecule has 27 heavy (non-hydrogen) atoms. The Morgan fingerprint density at radius 1 is 1.04 bits per heavy atom. The van der Waals surface area contributed by atoms with Gasteiger partial charge in [-0.05, 0) is 55.3 Å². The van der Waals surface area contributed by atoms with E-state index in [2.05, 4.69) is 10.2 Å². The van der Waals surface area contributed by atoms with Gasteiger partial charge >= 0.3 is 6.18 Å². The molecule has 0 spiro atoms. The molecule has 2 aromatic carbocycles. The number of hydrogen-bond acceptors (Lipinski definition) is 2. The Morgan fingerprint density at radius 2 is 1.63 bits per heavy atom. The number of amides is 1. The molecule has 0 aliphatic heterocycles. The minimum Gasteiger partial charge on any atom is -0.352 e. The van der Waals surface area contributed by atoms with Gasteiger partial charge in [0.15, 0.2) is 0 Å². The molecule has 0 heterocycles. The largest absolute Gasteiger partial charge is 0.416 e. The number of hydrogen-bond donors (Lipinski definition) is 1. The highest BCUT2D eigenvalue weighted by molar-refractivity contribution is 5.82. The topological polar surface area (TPSA) is 32.3 Å². The molecular weight excluding hydrogens is 353 g/mol. The van der Waals surface area contributed by atoms with Crippen molar-refractivity contribution in [3.8, 4) is 0 Å². The zero-order chi connectivity index (χ0) is 19.6. The number of alkyl halides is 3. The molecule has 0 bridgehead atoms. The van der Waals surface area contributed by atoms with Gasteiger partial charge < -0.3 is 10.2 Å². The first-order valence-corrected chi connectivity index (χ1v) is 8.91. The van der Waals surface area contributed by atoms with Crippen LogP contribution in [0.4, 0.5) is 13.2 Å². The van der Waals surface area contributed by atoms with Crippen molar-refractivity contribution in [1.82, 2.24) is 10.2 Å². The molecule has 1 aliphatic carbocycles. The van der Waals surface area contributed by atoms with E-state index in [1.165, 1.54) is 17.7 Å². The first-order chi connectivity index (χ1) is 12.7. The fourth-order valence-electron chi connectivity index (χ4n) is 3.22. The molecule has 0 aromatic heterocycles. The van der Waals surface area contributed by atoms with E-state index in [1.807, 2.05) is 38.4 Å². The quantitative estimate of drug-likeness (QED) is 0.820. The van der Waals surface area contributed by atoms with Crippen molar-refractivity contribution in [3.05, 3.63) is 70.8 Å². The maximum atomic E-state index is 12.6. The summed E-state index contributed by atoms with van der Waals surface area (Å²) < 4.78 is 37.9. The van der Waals surface area contributed by atoms with Crippen molar-refractivity contribution in [3.63, 3.8) is 0 Å². The Kier molecular flexibility index (Phi) is 5.56. The summed E-state index contributed by atoms with van der Waals surface area (Å²) in [6.07, 6.45) is -3.65. The molecule has 2 atom stereocenters. The van der Waals surface area contributed by atoms with Gasteiger partial charge in [0.05, 0.1) is 5.56 Å². The lowest BCUT2D eigenvalue weighted by Crippen LogP contribution is -2.24. The number of rotatable bonds is 6. The van der Waals surface area contributed by atoms with Gasteiger partial charge in [-0.25, -0.2) is 0 Å². The van der Waals surface area contributed by atoms with E-state index in [-0.39, 0.29) is 17.7 Å². The minimum atomic E-state index is -4.33. The number of carbonyl (C=O) groups is 1. The predicted molar refractivity (Wildman–Crippen MR) is 98.0 cm³/mol. The Balaban J connectivity index is 1.50. The van der Waals surface area contributed by atoms with Crippen LogP contribution in [0.15, 0.2) is 48.5 Å². The summed E-state index contributed by atoms with van der Waals surface area (Å²) >= 11 is 0. The van der Waals surface area contributed by atoms with E-state index in [0.29, 0.717) is 13.0 Å². The van der Waals surface area contributed by atoms with E-state index in [0.717, 1.165) is 29.8 Å². The number of benzene rings is 2. The van der Waals surface area contributed by atoms with Gasteiger partial charge in [-0.2, -0.15) is 13.2 Å². The van der Waals surface area contributed by atoms with E-state index in [1.54, 1.807) is 0 Å². The average molecular weight is 376 g/mol. The molecule has 3 nitrogen and oxygen atoms in total. The molecule has 1 saturated carbocycles. The van der Waals surface area contributed by atoms with Crippen LogP contribution in [0.25, 0.3) is 0 Å². The summed E-state index contributed by atoms with van der Waals surface area (Å²) in [6, 6.07) is 13.2. The van der Waals surface area contributed by atoms with E-state index in [4.69, 9.17) is 0 Å². The molecule has 1 fully saturated rings. The Labute approximate surface area is 157 Å². The van der Waals surface area contributed by atoms with Crippen LogP contribution in [0, 0.1) is 5.92 Å². The number of carbonyl (C=O) groups excluding carboxylic acids is 1. The molecule has 0 radical (unpaired) electrons. The van der Waals surface area contributed by atoms with Crippen molar-refractivity contribution in [1.29, 1.82) is 0 Å². The van der Waals surface area contributed by atoms with Gasteiger partial charge in [0.25, 0.3) is 0 Å². The van der Waals surface area contributed by atoms with Crippen molar-refractivity contribution < 1.29 is 18.0 Å². The first-order valence-electron chi connectivity index (χ1n) is 8.91. The standard InChI is InChI=1S/C21H23F3N2O/c1-26(2)13-15-5-3-14(4-6-15)12-25-20(27)19-11-18(19)16-7-9-17(10-8-16)21(22,23)24/h3-10,18-19H,11-13H2,1-2H3,(H,25,27). The number of halogens is 3. The van der Waals surface area contributed by atoms with Crippen molar-refractivity contribution >= 4 is 5.91 Å². The number of nitrogens with zero attached hydrogens (tertiary/aromatic N) is 1. The fraction of sp³-hybridized carbons (Fsp3) is 0.381. The summed E-state index contributed by atoms with van der Waals surface area (Å²) in [6.45, 7) is 1.32. The van der Waals surface area contributed by atoms with Crippen LogP contribution in [0.2, 0.25) is 0 Å². The number of nitrogens with one attached hydrogen (secondary N) is 1. The summed E-state index contributed by atoms with van der Waals surface area (Å²) in [7, 11) is 4.02. The molecular formula is C21H23F3N2O. The van der Waals surface area contributed by atoms with E-state index < -0.39 is 11.7 Å². The zero-order valence-corrected chi connectivity index (χ0v) is 15.4. The third-order valence-electron chi connectivity index (χ3n) is 4.78. The minimum absolute atomic E-state index is 0.00903. The molecule has 6 heteroatoms. The van der Waals surface area contributed by atoms with Gasteiger partial charge in [-0.15, -0.1) is 0 Å². The lowest BCUT2D eigenvalue weighted by atomic mass is 10.1. The van der Waals surface area contributed by atoms with Crippen molar-refractivity contribution in [2.24, 2.45) is 5.92 Å². The van der Waals surface area contributed by atoms with E-state index in [9.17, 15) is 18.0 Å². The monoisotopic (exact) mass is 376 g/mol. The smallest absolute Gasteiger partial charge is 0.352 e.